The molecule has 2 aromatic carbocycles. The van der Waals surface area contributed by atoms with E-state index in [-0.39, 0.29) is 12.1 Å². The maximum Gasteiger partial charge on any atom is 0.229 e. The number of sulfonamides is 1. The summed E-state index contributed by atoms with van der Waals surface area (Å²) in [7, 11) is -0.351. The van der Waals surface area contributed by atoms with Gasteiger partial charge in [-0.3, -0.25) is 9.71 Å². The highest BCUT2D eigenvalue weighted by Crippen LogP contribution is 2.44. The van der Waals surface area contributed by atoms with E-state index in [9.17, 15) is 8.42 Å². The van der Waals surface area contributed by atoms with Gasteiger partial charge in [0, 0.05) is 41.6 Å². The number of thiocarbonyl (C=S) groups is 1. The predicted molar refractivity (Wildman–Crippen MR) is 152 cm³/mol. The number of nitrogens with zero attached hydrogens (tertiary/aromatic N) is 3. The van der Waals surface area contributed by atoms with Crippen LogP contribution in [0.1, 0.15) is 23.5 Å². The van der Waals surface area contributed by atoms with E-state index >= 15 is 0 Å². The van der Waals surface area contributed by atoms with Gasteiger partial charge in [0.15, 0.2) is 5.11 Å². The maximum absolute atomic E-state index is 11.9. The number of methoxy groups -OCH3 is 2. The number of anilines is 2. The third-order valence-electron chi connectivity index (χ3n) is 6.27. The van der Waals surface area contributed by atoms with E-state index in [0.29, 0.717) is 16.5 Å². The predicted octanol–water partition coefficient (Wildman–Crippen LogP) is 4.44. The normalized spacial score (nSPS) is 17.2. The second-order valence-electron chi connectivity index (χ2n) is 8.76. The molecule has 5 rings (SSSR count). The first-order chi connectivity index (χ1) is 18.3. The summed E-state index contributed by atoms with van der Waals surface area (Å²) in [5.74, 6) is 1.12. The minimum atomic E-state index is -3.49. The van der Waals surface area contributed by atoms with Crippen LogP contribution in [0.2, 0.25) is 0 Å². The number of hydrogen-bond donors (Lipinski definition) is 2. The van der Waals surface area contributed by atoms with Gasteiger partial charge >= 0.3 is 0 Å². The Bertz CT molecular complexity index is 1570. The zero-order chi connectivity index (χ0) is 26.9. The van der Waals surface area contributed by atoms with E-state index in [1.165, 1.54) is 7.11 Å². The molecule has 0 saturated carbocycles. The smallest absolute Gasteiger partial charge is 0.229 e. The largest absolute Gasteiger partial charge is 0.497 e. The van der Waals surface area contributed by atoms with Gasteiger partial charge in [0.1, 0.15) is 17.5 Å². The molecule has 9 nitrogen and oxygen atoms in total. The van der Waals surface area contributed by atoms with Crippen LogP contribution in [0, 0.1) is 0 Å². The van der Waals surface area contributed by atoms with Crippen molar-refractivity contribution < 1.29 is 17.9 Å². The van der Waals surface area contributed by atoms with Crippen LogP contribution >= 0.6 is 12.2 Å². The first kappa shape index (κ1) is 25.6. The molecule has 0 unspecified atom stereocenters. The second-order valence-corrected chi connectivity index (χ2v) is 10.9. The summed E-state index contributed by atoms with van der Waals surface area (Å²) in [6, 6.07) is 22.4. The zero-order valence-corrected chi connectivity index (χ0v) is 22.7. The number of ether oxygens (including phenoxy) is 2. The summed E-state index contributed by atoms with van der Waals surface area (Å²) in [5.41, 5.74) is 3.82. The molecular weight excluding hydrogens is 522 g/mol. The molecule has 2 aromatic heterocycles. The Morgan fingerprint density at radius 2 is 1.82 bits per heavy atom. The fourth-order valence-electron chi connectivity index (χ4n) is 4.68. The topological polar surface area (TPSA) is 97.7 Å². The Labute approximate surface area is 227 Å². The molecule has 0 bridgehead atoms. The van der Waals surface area contributed by atoms with E-state index in [2.05, 4.69) is 25.7 Å². The van der Waals surface area contributed by atoms with Crippen molar-refractivity contribution in [3.63, 3.8) is 0 Å². The lowest BCUT2D eigenvalue weighted by Gasteiger charge is -2.29. The molecule has 38 heavy (non-hydrogen) atoms. The van der Waals surface area contributed by atoms with Crippen molar-refractivity contribution in [2.75, 3.05) is 30.1 Å². The summed E-state index contributed by atoms with van der Waals surface area (Å²) < 4.78 is 39.3. The van der Waals surface area contributed by atoms with Crippen LogP contribution in [0.5, 0.6) is 11.5 Å². The van der Waals surface area contributed by atoms with Gasteiger partial charge in [-0.05, 0) is 60.7 Å². The molecule has 4 aromatic rings. The molecule has 2 atom stereocenters. The van der Waals surface area contributed by atoms with Crippen molar-refractivity contribution in [1.29, 1.82) is 0 Å². The lowest BCUT2D eigenvalue weighted by molar-refractivity contribution is 0.414. The molecule has 1 aliphatic rings. The average Bonchev–Trinajstić information content (AvgIpc) is 3.53. The molecule has 3 heterocycles. The lowest BCUT2D eigenvalue weighted by Crippen LogP contribution is -2.30. The first-order valence-corrected chi connectivity index (χ1v) is 14.1. The van der Waals surface area contributed by atoms with E-state index < -0.39 is 10.0 Å². The van der Waals surface area contributed by atoms with E-state index in [4.69, 9.17) is 21.7 Å². The molecule has 1 fully saturated rings. The summed E-state index contributed by atoms with van der Waals surface area (Å²) in [4.78, 5) is 6.63. The van der Waals surface area contributed by atoms with E-state index in [1.54, 1.807) is 25.4 Å². The Balaban J connectivity index is 1.65. The second kappa shape index (κ2) is 10.3. The number of pyridine rings is 1. The van der Waals surface area contributed by atoms with E-state index in [0.717, 1.165) is 34.8 Å². The van der Waals surface area contributed by atoms with Gasteiger partial charge < -0.3 is 24.3 Å². The third-order valence-corrected chi connectivity index (χ3v) is 7.18. The van der Waals surface area contributed by atoms with Crippen molar-refractivity contribution in [2.24, 2.45) is 0 Å². The quantitative estimate of drug-likeness (QED) is 0.312. The van der Waals surface area contributed by atoms with Crippen LogP contribution in [0.3, 0.4) is 0 Å². The van der Waals surface area contributed by atoms with Gasteiger partial charge in [-0.2, -0.15) is 0 Å². The van der Waals surface area contributed by atoms with Crippen molar-refractivity contribution in [1.82, 2.24) is 14.9 Å². The van der Waals surface area contributed by atoms with Crippen molar-refractivity contribution in [3.05, 3.63) is 96.6 Å². The molecule has 1 saturated heterocycles. The van der Waals surface area contributed by atoms with E-state index in [1.807, 2.05) is 65.7 Å². The molecule has 0 amide bonds. The Morgan fingerprint density at radius 3 is 2.53 bits per heavy atom. The monoisotopic (exact) mass is 549 g/mol. The van der Waals surface area contributed by atoms with Gasteiger partial charge in [0.2, 0.25) is 10.0 Å². The summed E-state index contributed by atoms with van der Waals surface area (Å²) in [6.45, 7) is 0. The number of rotatable bonds is 8. The summed E-state index contributed by atoms with van der Waals surface area (Å²) in [5, 5.41) is 3.96. The zero-order valence-electron chi connectivity index (χ0n) is 21.0. The van der Waals surface area contributed by atoms with Gasteiger partial charge in [-0.15, -0.1) is 0 Å². The lowest BCUT2D eigenvalue weighted by atomic mass is 10.0. The molecule has 0 aliphatic carbocycles. The van der Waals surface area contributed by atoms with Gasteiger partial charge in [-0.1, -0.05) is 12.1 Å². The Morgan fingerprint density at radius 1 is 0.974 bits per heavy atom. The van der Waals surface area contributed by atoms with Crippen LogP contribution < -0.4 is 24.4 Å². The molecular formula is C27H27N5O4S2. The summed E-state index contributed by atoms with van der Waals surface area (Å²) in [6.07, 6.45) is 4.86. The van der Waals surface area contributed by atoms with Crippen molar-refractivity contribution in [3.8, 4) is 17.2 Å². The number of hydrogen-bond acceptors (Lipinski definition) is 6. The number of nitrogens with one attached hydrogen (secondary N) is 2. The standard InChI is InChI=1S/C27H27N5O4S2/c1-35-20-9-6-8-18(16-20)31-15-7-11-23(31)26-25(22-10-4-5-14-28-22)29-27(37)32(26)19-12-13-21(24(17-19)36-2)30-38(3,33)34/h4-17,25-26,30H,1-3H3,(H,29,37)/t25-,26-/m0/s1. The Kier molecular flexibility index (Phi) is 6.96. The minimum absolute atomic E-state index is 0.261. The number of benzene rings is 2. The van der Waals surface area contributed by atoms with Crippen LogP contribution in [0.4, 0.5) is 11.4 Å². The highest BCUT2D eigenvalue weighted by atomic mass is 32.2. The molecule has 2 N–H and O–H groups in total. The summed E-state index contributed by atoms with van der Waals surface area (Å²) >= 11 is 5.86. The van der Waals surface area contributed by atoms with Crippen molar-refractivity contribution in [2.45, 2.75) is 12.1 Å². The highest BCUT2D eigenvalue weighted by molar-refractivity contribution is 7.92. The molecule has 196 valence electrons. The average molecular weight is 550 g/mol. The first-order valence-electron chi connectivity index (χ1n) is 11.8. The molecule has 1 aliphatic heterocycles. The fraction of sp³-hybridized carbons (Fsp3) is 0.185. The van der Waals surface area contributed by atoms with Crippen LogP contribution in [-0.2, 0) is 10.0 Å². The maximum atomic E-state index is 11.9. The van der Waals surface area contributed by atoms with Gasteiger partial charge in [0.05, 0.1) is 37.9 Å². The minimum Gasteiger partial charge on any atom is -0.497 e. The fourth-order valence-corrected chi connectivity index (χ4v) is 5.59. The highest BCUT2D eigenvalue weighted by Gasteiger charge is 2.42. The van der Waals surface area contributed by atoms with Gasteiger partial charge in [-0.25, -0.2) is 8.42 Å². The molecule has 11 heteroatoms. The molecule has 0 radical (unpaired) electrons. The SMILES string of the molecule is COc1cccc(-n2cccc2[C@H]2[C@H](c3ccccn3)NC(=S)N2c2ccc(NS(C)(=O)=O)c(OC)c2)c1. The molecule has 0 spiro atoms. The van der Waals surface area contributed by atoms with Crippen LogP contribution in [0.25, 0.3) is 5.69 Å². The van der Waals surface area contributed by atoms with Gasteiger partial charge in [0.25, 0.3) is 0 Å². The van der Waals surface area contributed by atoms with Crippen molar-refractivity contribution >= 4 is 38.7 Å². The number of aromatic nitrogens is 2. The Hall–Kier alpha value is -4.09. The third kappa shape index (κ3) is 5.02. The van der Waals surface area contributed by atoms with Crippen LogP contribution in [-0.4, -0.2) is 43.6 Å². The van der Waals surface area contributed by atoms with Crippen LogP contribution in [0.15, 0.2) is 85.2 Å².